The Morgan fingerprint density at radius 2 is 1.63 bits per heavy atom. The molecule has 1 aliphatic carbocycles. The van der Waals surface area contributed by atoms with Crippen LogP contribution in [-0.4, -0.2) is 50.1 Å². The molecule has 0 radical (unpaired) electrons. The number of aromatic nitrogens is 2. The Morgan fingerprint density at radius 3 is 2.40 bits per heavy atom. The second kappa shape index (κ2) is 16.1. The SMILES string of the molecule is O=C(NCCCCCCNc1nc(Nc2ccc3ccccc3c2)ncc1[N+](=O)[O-])c1ccc(-c2c3cc(F)c(=O)cc-3oc3cc(O)c(F)cc23)c(C(=O)O)c1. The Balaban J connectivity index is 0.959. The molecule has 0 saturated carbocycles. The number of amides is 1. The van der Waals surface area contributed by atoms with Crippen molar-refractivity contribution in [2.24, 2.45) is 0 Å². The molecule has 0 spiro atoms. The summed E-state index contributed by atoms with van der Waals surface area (Å²) in [5, 5.41) is 42.7. The second-order valence-electron chi connectivity index (χ2n) is 13.1. The van der Waals surface area contributed by atoms with Gasteiger partial charge in [-0.2, -0.15) is 4.98 Å². The molecule has 57 heavy (non-hydrogen) atoms. The van der Waals surface area contributed by atoms with Gasteiger partial charge in [0.25, 0.3) is 5.91 Å². The first-order chi connectivity index (χ1) is 27.5. The van der Waals surface area contributed by atoms with Gasteiger partial charge in [-0.25, -0.2) is 18.6 Å². The fourth-order valence-electron chi connectivity index (χ4n) is 6.48. The number of carboxylic acid groups (broad SMARTS) is 1. The number of anilines is 3. The van der Waals surface area contributed by atoms with E-state index in [9.17, 15) is 43.5 Å². The number of carbonyl (C=O) groups is 2. The Morgan fingerprint density at radius 1 is 0.860 bits per heavy atom. The summed E-state index contributed by atoms with van der Waals surface area (Å²) in [4.78, 5) is 57.1. The van der Waals surface area contributed by atoms with Crippen LogP contribution in [0.1, 0.15) is 46.4 Å². The lowest BCUT2D eigenvalue weighted by atomic mass is 9.89. The number of phenolic OH excluding ortho intramolecular Hbond substituents is 1. The first kappa shape index (κ1) is 37.8. The van der Waals surface area contributed by atoms with E-state index >= 15 is 0 Å². The van der Waals surface area contributed by atoms with E-state index in [0.29, 0.717) is 25.8 Å². The minimum atomic E-state index is -1.43. The van der Waals surface area contributed by atoms with Gasteiger partial charge in [0, 0.05) is 53.0 Å². The average Bonchev–Trinajstić information content (AvgIpc) is 3.19. The zero-order valence-corrected chi connectivity index (χ0v) is 29.8. The van der Waals surface area contributed by atoms with Gasteiger partial charge in [0.2, 0.25) is 17.2 Å². The third-order valence-corrected chi connectivity index (χ3v) is 9.28. The topological polar surface area (TPSA) is 210 Å². The predicted molar refractivity (Wildman–Crippen MR) is 208 cm³/mol. The van der Waals surface area contributed by atoms with Crippen molar-refractivity contribution in [1.29, 1.82) is 0 Å². The maximum Gasteiger partial charge on any atom is 0.336 e. The number of phenols is 1. The summed E-state index contributed by atoms with van der Waals surface area (Å²) in [6.45, 7) is 0.662. The highest BCUT2D eigenvalue weighted by Crippen LogP contribution is 2.43. The van der Waals surface area contributed by atoms with Gasteiger partial charge < -0.3 is 30.6 Å². The van der Waals surface area contributed by atoms with Gasteiger partial charge in [0.15, 0.2) is 17.4 Å². The molecule has 1 aliphatic heterocycles. The Kier molecular flexibility index (Phi) is 10.7. The molecule has 0 atom stereocenters. The van der Waals surface area contributed by atoms with Crippen molar-refractivity contribution in [3.63, 3.8) is 0 Å². The van der Waals surface area contributed by atoms with Crippen molar-refractivity contribution in [2.45, 2.75) is 25.7 Å². The molecule has 2 heterocycles. The van der Waals surface area contributed by atoms with Gasteiger partial charge >= 0.3 is 11.7 Å². The van der Waals surface area contributed by atoms with Crippen molar-refractivity contribution in [1.82, 2.24) is 15.3 Å². The van der Waals surface area contributed by atoms with Crippen LogP contribution in [0, 0.1) is 21.7 Å². The van der Waals surface area contributed by atoms with E-state index in [2.05, 4.69) is 25.9 Å². The normalized spacial score (nSPS) is 11.2. The number of unbranched alkanes of at least 4 members (excludes halogenated alkanes) is 3. The number of carbonyl (C=O) groups excluding carboxylic acids is 1. The molecule has 0 unspecified atom stereocenters. The number of nitro groups is 1. The number of nitrogens with zero attached hydrogens (tertiary/aromatic N) is 3. The molecule has 16 heteroatoms. The Bertz CT molecular complexity index is 2740. The predicted octanol–water partition coefficient (Wildman–Crippen LogP) is 8.24. The van der Waals surface area contributed by atoms with Crippen LogP contribution in [0.25, 0.3) is 44.2 Å². The first-order valence-electron chi connectivity index (χ1n) is 17.7. The molecule has 14 nitrogen and oxygen atoms in total. The van der Waals surface area contributed by atoms with Gasteiger partial charge in [-0.15, -0.1) is 0 Å². The summed E-state index contributed by atoms with van der Waals surface area (Å²) in [6, 6.07) is 21.0. The summed E-state index contributed by atoms with van der Waals surface area (Å²) in [6.07, 6.45) is 3.80. The van der Waals surface area contributed by atoms with Crippen LogP contribution in [0.2, 0.25) is 0 Å². The lowest BCUT2D eigenvalue weighted by Crippen LogP contribution is -2.24. The highest BCUT2D eigenvalue weighted by atomic mass is 19.1. The van der Waals surface area contributed by atoms with Crippen molar-refractivity contribution < 1.29 is 37.9 Å². The molecule has 5 aromatic rings. The number of aromatic hydroxyl groups is 1. The molecule has 0 bridgehead atoms. The number of nitrogens with one attached hydrogen (secondary N) is 3. The number of fused-ring (bicyclic) bond motifs is 3. The molecule has 0 saturated heterocycles. The van der Waals surface area contributed by atoms with E-state index in [1.165, 1.54) is 12.1 Å². The highest BCUT2D eigenvalue weighted by Gasteiger charge is 2.25. The second-order valence-corrected chi connectivity index (χ2v) is 13.1. The number of aromatic carboxylic acids is 1. The summed E-state index contributed by atoms with van der Waals surface area (Å²) >= 11 is 0. The van der Waals surface area contributed by atoms with Crippen LogP contribution in [0.4, 0.5) is 31.9 Å². The Hall–Kier alpha value is -7.49. The van der Waals surface area contributed by atoms with Crippen molar-refractivity contribution in [3.05, 3.63) is 134 Å². The lowest BCUT2D eigenvalue weighted by molar-refractivity contribution is -0.384. The quantitative estimate of drug-likeness (QED) is 0.0306. The molecule has 2 aliphatic rings. The number of rotatable bonds is 14. The van der Waals surface area contributed by atoms with E-state index in [1.807, 2.05) is 42.5 Å². The monoisotopic (exact) mass is 774 g/mol. The number of benzene rings is 5. The van der Waals surface area contributed by atoms with Crippen molar-refractivity contribution >= 4 is 56.8 Å². The van der Waals surface area contributed by atoms with E-state index < -0.39 is 39.6 Å². The van der Waals surface area contributed by atoms with Crippen molar-refractivity contribution in [3.8, 4) is 28.2 Å². The van der Waals surface area contributed by atoms with Crippen molar-refractivity contribution in [2.75, 3.05) is 23.7 Å². The minimum absolute atomic E-state index is 0.000233. The van der Waals surface area contributed by atoms with E-state index in [4.69, 9.17) is 4.42 Å². The third kappa shape index (κ3) is 8.14. The molecule has 5 N–H and O–H groups in total. The molecule has 4 aromatic carbocycles. The fourth-order valence-corrected chi connectivity index (χ4v) is 6.48. The van der Waals surface area contributed by atoms with Crippen LogP contribution >= 0.6 is 0 Å². The first-order valence-corrected chi connectivity index (χ1v) is 17.7. The number of hydrogen-bond donors (Lipinski definition) is 5. The van der Waals surface area contributed by atoms with Crippen LogP contribution < -0.4 is 21.4 Å². The van der Waals surface area contributed by atoms with Gasteiger partial charge in [0.1, 0.15) is 17.5 Å². The number of hydrogen-bond acceptors (Lipinski definition) is 11. The van der Waals surface area contributed by atoms with Gasteiger partial charge in [-0.3, -0.25) is 19.7 Å². The number of carboxylic acids is 1. The van der Waals surface area contributed by atoms with Gasteiger partial charge in [0.05, 0.1) is 10.5 Å². The smallest absolute Gasteiger partial charge is 0.336 e. The zero-order valence-electron chi connectivity index (χ0n) is 29.8. The highest BCUT2D eigenvalue weighted by molar-refractivity contribution is 6.09. The van der Waals surface area contributed by atoms with Crippen LogP contribution in [0.15, 0.2) is 100 Å². The largest absolute Gasteiger partial charge is 0.505 e. The summed E-state index contributed by atoms with van der Waals surface area (Å²) in [5.74, 6) is -4.77. The van der Waals surface area contributed by atoms with E-state index in [1.54, 1.807) is 0 Å². The van der Waals surface area contributed by atoms with Gasteiger partial charge in [-0.05, 0) is 65.6 Å². The average molecular weight is 775 g/mol. The summed E-state index contributed by atoms with van der Waals surface area (Å²) in [5.41, 5.74) is -0.954. The molecule has 7 rings (SSSR count). The molecule has 288 valence electrons. The minimum Gasteiger partial charge on any atom is -0.505 e. The van der Waals surface area contributed by atoms with Gasteiger partial charge in [-0.1, -0.05) is 49.2 Å². The maximum absolute atomic E-state index is 14.6. The summed E-state index contributed by atoms with van der Waals surface area (Å²) < 4.78 is 34.7. The zero-order chi connectivity index (χ0) is 40.2. The lowest BCUT2D eigenvalue weighted by Gasteiger charge is -2.17. The summed E-state index contributed by atoms with van der Waals surface area (Å²) in [7, 11) is 0. The molecular weight excluding hydrogens is 742 g/mol. The van der Waals surface area contributed by atoms with E-state index in [-0.39, 0.29) is 68.5 Å². The molecule has 0 fully saturated rings. The molecular formula is C41H32F2N6O8. The van der Waals surface area contributed by atoms with E-state index in [0.717, 1.165) is 59.4 Å². The van der Waals surface area contributed by atoms with Crippen LogP contribution in [0.5, 0.6) is 5.75 Å². The Labute approximate surface area is 321 Å². The number of halogens is 2. The fraction of sp³-hybridized carbons (Fsp3) is 0.146. The molecule has 1 aromatic heterocycles. The van der Waals surface area contributed by atoms with Crippen LogP contribution in [-0.2, 0) is 0 Å². The maximum atomic E-state index is 14.6. The third-order valence-electron chi connectivity index (χ3n) is 9.28. The van der Waals surface area contributed by atoms with Crippen LogP contribution in [0.3, 0.4) is 0 Å². The standard InChI is InChI=1S/C41H32F2N6O8/c42-30-17-28-35(19-33(30)50)57-36-20-34(51)31(43)18-29(36)37(28)26-12-10-24(16-27(26)40(53)54)39(52)45-14-6-2-1-5-13-44-38-32(49(55)56)21-46-41(48-38)47-25-11-9-22-7-3-4-8-23(22)15-25/h3-4,7-12,15-21,50H,1-2,5-6,13-14H2,(H,45,52)(H,53,54)(H2,44,46,47,48). The molecule has 1 amide bonds.